The molecule has 2 rings (SSSR count). The Labute approximate surface area is 167 Å². The first-order valence-corrected chi connectivity index (χ1v) is 9.84. The van der Waals surface area contributed by atoms with E-state index >= 15 is 0 Å². The lowest BCUT2D eigenvalue weighted by Crippen LogP contribution is -2.41. The number of guanidine groups is 1. The minimum Gasteiger partial charge on any atom is -0.381 e. The Balaban J connectivity index is 0.00000288. The van der Waals surface area contributed by atoms with E-state index in [1.165, 1.54) is 5.56 Å². The van der Waals surface area contributed by atoms with Crippen molar-refractivity contribution >= 4 is 41.7 Å². The van der Waals surface area contributed by atoms with Gasteiger partial charge in [0, 0.05) is 37.5 Å². The fraction of sp³-hybridized carbons (Fsp3) is 0.611. The fourth-order valence-electron chi connectivity index (χ4n) is 2.94. The molecule has 0 aromatic heterocycles. The molecule has 1 fully saturated rings. The highest BCUT2D eigenvalue weighted by Gasteiger charge is 2.34. The van der Waals surface area contributed by atoms with Crippen LogP contribution >= 0.6 is 35.7 Å². The Hall–Kier alpha value is -0.470. The van der Waals surface area contributed by atoms with Crippen LogP contribution in [0.2, 0.25) is 0 Å². The highest BCUT2D eigenvalue weighted by Crippen LogP contribution is 2.35. The number of thioether (sulfide) groups is 1. The average molecular weight is 463 g/mol. The molecule has 0 unspecified atom stereocenters. The number of hydrogen-bond acceptors (Lipinski definition) is 3. The lowest BCUT2D eigenvalue weighted by atomic mass is 9.74. The number of hydrogen-bond donors (Lipinski definition) is 2. The predicted octanol–water partition coefficient (Wildman–Crippen LogP) is 3.27. The summed E-state index contributed by atoms with van der Waals surface area (Å²) in [6.07, 6.45) is 4.19. The molecule has 1 heterocycles. The Bertz CT molecular complexity index is 478. The topological polar surface area (TPSA) is 45.7 Å². The van der Waals surface area contributed by atoms with Gasteiger partial charge in [0.15, 0.2) is 5.96 Å². The van der Waals surface area contributed by atoms with E-state index in [2.05, 4.69) is 54.1 Å². The Morgan fingerprint density at radius 3 is 2.54 bits per heavy atom. The number of ether oxygens (including phenoxy) is 1. The smallest absolute Gasteiger partial charge is 0.191 e. The first-order valence-electron chi connectivity index (χ1n) is 8.45. The van der Waals surface area contributed by atoms with Crippen LogP contribution in [-0.2, 0) is 10.2 Å². The van der Waals surface area contributed by atoms with Crippen LogP contribution in [0.25, 0.3) is 0 Å². The van der Waals surface area contributed by atoms with Crippen molar-refractivity contribution in [2.24, 2.45) is 4.99 Å². The van der Waals surface area contributed by atoms with E-state index < -0.39 is 0 Å². The highest BCUT2D eigenvalue weighted by atomic mass is 127. The second kappa shape index (κ2) is 12.0. The van der Waals surface area contributed by atoms with Gasteiger partial charge in [-0.25, -0.2) is 0 Å². The van der Waals surface area contributed by atoms with Gasteiger partial charge in [0.1, 0.15) is 0 Å². The van der Waals surface area contributed by atoms with Crippen molar-refractivity contribution in [1.29, 1.82) is 0 Å². The van der Waals surface area contributed by atoms with Crippen LogP contribution < -0.4 is 10.6 Å². The summed E-state index contributed by atoms with van der Waals surface area (Å²) >= 11 is 1.84. The zero-order valence-electron chi connectivity index (χ0n) is 14.7. The summed E-state index contributed by atoms with van der Waals surface area (Å²) in [5.41, 5.74) is 1.48. The standard InChI is InChI=1S/C18H29N3OS.HI/c1-3-19-17(20-11-14-23-2)21-15-18(9-12-22-13-10-18)16-7-5-4-6-8-16;/h4-8H,3,9-15H2,1-2H3,(H2,19,20,21);1H. The third kappa shape index (κ3) is 6.44. The second-order valence-electron chi connectivity index (χ2n) is 5.87. The summed E-state index contributed by atoms with van der Waals surface area (Å²) in [4.78, 5) is 4.89. The van der Waals surface area contributed by atoms with Gasteiger partial charge in [0.2, 0.25) is 0 Å². The minimum absolute atomic E-state index is 0. The third-order valence-electron chi connectivity index (χ3n) is 4.32. The quantitative estimate of drug-likeness (QED) is 0.282. The first kappa shape index (κ1) is 21.6. The van der Waals surface area contributed by atoms with Gasteiger partial charge < -0.3 is 15.4 Å². The van der Waals surface area contributed by atoms with Gasteiger partial charge in [-0.15, -0.1) is 24.0 Å². The maximum absolute atomic E-state index is 5.60. The van der Waals surface area contributed by atoms with Gasteiger partial charge >= 0.3 is 0 Å². The lowest BCUT2D eigenvalue weighted by molar-refractivity contribution is 0.0531. The average Bonchev–Trinajstić information content (AvgIpc) is 2.61. The minimum atomic E-state index is 0. The highest BCUT2D eigenvalue weighted by molar-refractivity contribution is 14.0. The Morgan fingerprint density at radius 1 is 1.21 bits per heavy atom. The van der Waals surface area contributed by atoms with Crippen molar-refractivity contribution in [3.05, 3.63) is 35.9 Å². The molecule has 0 bridgehead atoms. The molecule has 1 aliphatic heterocycles. The van der Waals surface area contributed by atoms with Crippen LogP contribution in [0.1, 0.15) is 25.3 Å². The van der Waals surface area contributed by atoms with Gasteiger partial charge in [-0.1, -0.05) is 30.3 Å². The van der Waals surface area contributed by atoms with Crippen molar-refractivity contribution < 1.29 is 4.74 Å². The number of benzene rings is 1. The van der Waals surface area contributed by atoms with Crippen LogP contribution in [0.15, 0.2) is 35.3 Å². The van der Waals surface area contributed by atoms with Crippen molar-refractivity contribution in [2.45, 2.75) is 25.2 Å². The number of nitrogens with one attached hydrogen (secondary N) is 2. The van der Waals surface area contributed by atoms with Crippen molar-refractivity contribution in [3.8, 4) is 0 Å². The molecule has 1 aromatic rings. The molecule has 1 aliphatic rings. The van der Waals surface area contributed by atoms with Gasteiger partial charge in [-0.3, -0.25) is 4.99 Å². The van der Waals surface area contributed by atoms with E-state index in [0.29, 0.717) is 0 Å². The zero-order valence-corrected chi connectivity index (χ0v) is 17.9. The number of nitrogens with zero attached hydrogens (tertiary/aromatic N) is 1. The molecule has 0 spiro atoms. The molecule has 24 heavy (non-hydrogen) atoms. The largest absolute Gasteiger partial charge is 0.381 e. The van der Waals surface area contributed by atoms with Crippen molar-refractivity contribution in [3.63, 3.8) is 0 Å². The lowest BCUT2D eigenvalue weighted by Gasteiger charge is -2.36. The molecule has 0 atom stereocenters. The van der Waals surface area contributed by atoms with E-state index in [4.69, 9.17) is 9.73 Å². The molecule has 0 amide bonds. The van der Waals surface area contributed by atoms with Crippen LogP contribution in [-0.4, -0.2) is 50.8 Å². The number of aliphatic imine (C=N–C) groups is 1. The zero-order chi connectivity index (χ0) is 16.4. The van der Waals surface area contributed by atoms with Crippen LogP contribution in [0.3, 0.4) is 0 Å². The van der Waals surface area contributed by atoms with Crippen LogP contribution in [0.5, 0.6) is 0 Å². The molecule has 2 N–H and O–H groups in total. The van der Waals surface area contributed by atoms with Crippen LogP contribution in [0.4, 0.5) is 0 Å². The SMILES string of the molecule is CCNC(=NCC1(c2ccccc2)CCOCC1)NCCSC.I. The number of halogens is 1. The molecule has 1 aromatic carbocycles. The van der Waals surface area contributed by atoms with Crippen molar-refractivity contribution in [2.75, 3.05) is 44.9 Å². The summed E-state index contributed by atoms with van der Waals surface area (Å²) in [6, 6.07) is 10.8. The molecular formula is C18H30IN3OS. The van der Waals surface area contributed by atoms with E-state index in [1.807, 2.05) is 11.8 Å². The first-order chi connectivity index (χ1) is 11.3. The molecular weight excluding hydrogens is 433 g/mol. The third-order valence-corrected chi connectivity index (χ3v) is 4.93. The molecule has 0 radical (unpaired) electrons. The molecule has 136 valence electrons. The van der Waals surface area contributed by atoms with Gasteiger partial charge in [0.25, 0.3) is 0 Å². The summed E-state index contributed by atoms with van der Waals surface area (Å²) in [7, 11) is 0. The van der Waals surface area contributed by atoms with Gasteiger partial charge in [0.05, 0.1) is 6.54 Å². The van der Waals surface area contributed by atoms with E-state index in [0.717, 1.165) is 57.4 Å². The summed E-state index contributed by atoms with van der Waals surface area (Å²) < 4.78 is 5.60. The summed E-state index contributed by atoms with van der Waals surface area (Å²) in [6.45, 7) is 6.37. The maximum Gasteiger partial charge on any atom is 0.191 e. The molecule has 0 saturated carbocycles. The monoisotopic (exact) mass is 463 g/mol. The van der Waals surface area contributed by atoms with Crippen LogP contribution in [0, 0.1) is 0 Å². The molecule has 1 saturated heterocycles. The predicted molar refractivity (Wildman–Crippen MR) is 116 cm³/mol. The Kier molecular flexibility index (Phi) is 10.8. The number of rotatable bonds is 7. The fourth-order valence-corrected chi connectivity index (χ4v) is 3.24. The molecule has 6 heteroatoms. The molecule has 4 nitrogen and oxygen atoms in total. The summed E-state index contributed by atoms with van der Waals surface area (Å²) in [5, 5.41) is 6.76. The van der Waals surface area contributed by atoms with E-state index in [1.54, 1.807) is 0 Å². The van der Waals surface area contributed by atoms with E-state index in [-0.39, 0.29) is 29.4 Å². The maximum atomic E-state index is 5.60. The molecule has 0 aliphatic carbocycles. The van der Waals surface area contributed by atoms with E-state index in [9.17, 15) is 0 Å². The van der Waals surface area contributed by atoms with Gasteiger partial charge in [-0.05, 0) is 31.6 Å². The van der Waals surface area contributed by atoms with Crippen molar-refractivity contribution in [1.82, 2.24) is 10.6 Å². The van der Waals surface area contributed by atoms with Gasteiger partial charge in [-0.2, -0.15) is 11.8 Å². The normalized spacial score (nSPS) is 17.0. The second-order valence-corrected chi connectivity index (χ2v) is 6.86. The summed E-state index contributed by atoms with van der Waals surface area (Å²) in [5.74, 6) is 2.01. The Morgan fingerprint density at radius 2 is 1.92 bits per heavy atom.